The van der Waals surface area contributed by atoms with Crippen LogP contribution in [0.25, 0.3) is 11.0 Å². The van der Waals surface area contributed by atoms with Gasteiger partial charge in [-0.15, -0.1) is 30.0 Å². The summed E-state index contributed by atoms with van der Waals surface area (Å²) in [6.45, 7) is 17.0. The van der Waals surface area contributed by atoms with Crippen LogP contribution < -0.4 is 0 Å². The van der Waals surface area contributed by atoms with E-state index in [1.807, 2.05) is 49.9 Å². The summed E-state index contributed by atoms with van der Waals surface area (Å²) in [5, 5.41) is 19.3. The van der Waals surface area contributed by atoms with E-state index in [1.165, 1.54) is 0 Å². The minimum atomic E-state index is -0.843. The lowest BCUT2D eigenvalue weighted by atomic mass is 9.66. The van der Waals surface area contributed by atoms with Gasteiger partial charge in [0.05, 0.1) is 34.7 Å². The summed E-state index contributed by atoms with van der Waals surface area (Å²) in [6, 6.07) is 6.18. The number of hydrogen-bond acceptors (Lipinski definition) is 7. The Bertz CT molecular complexity index is 1430. The monoisotopic (exact) mass is 622 g/mol. The van der Waals surface area contributed by atoms with Gasteiger partial charge in [0.25, 0.3) is 0 Å². The van der Waals surface area contributed by atoms with Gasteiger partial charge in [-0.05, 0) is 44.2 Å². The Morgan fingerprint density at radius 3 is 2.52 bits per heavy atom. The Hall–Kier alpha value is -3.18. The molecule has 238 valence electrons. The first-order valence-electron chi connectivity index (χ1n) is 15.8. The first kappa shape index (κ1) is 32.2. The van der Waals surface area contributed by atoms with Crippen molar-refractivity contribution in [3.05, 3.63) is 49.6 Å². The molecule has 0 saturated carbocycles. The molecule has 1 spiro atoms. The number of amides is 3. The van der Waals surface area contributed by atoms with Gasteiger partial charge in [0.15, 0.2) is 0 Å². The Labute approximate surface area is 264 Å². The summed E-state index contributed by atoms with van der Waals surface area (Å²) >= 11 is 1.65. The molecule has 2 bridgehead atoms. The Balaban J connectivity index is 1.60. The summed E-state index contributed by atoms with van der Waals surface area (Å²) in [4.78, 5) is 49.2. The van der Waals surface area contributed by atoms with Crippen molar-refractivity contribution in [1.82, 2.24) is 29.7 Å². The lowest BCUT2D eigenvalue weighted by Gasteiger charge is -2.41. The summed E-state index contributed by atoms with van der Waals surface area (Å²) < 4.78 is 0.418. The zero-order chi connectivity index (χ0) is 31.8. The standard InChI is InChI=1S/C33H46N6O4S/c1-7-17-36(18-8-2)29(41)26-27-30(42)39(25(20-40)22(5)10-4)28(33(27)16-15-32(26,6)44-33)31(43)37(19-9-3)21-38-24-14-12-11-13-23(24)34-35-38/h7,9,11-14,22,25-28,40H,1,3,8,10,15-21H2,2,4-6H3/t22-,25-,26-,27-,28?,32+,33?/m0/s1. The van der Waals surface area contributed by atoms with Gasteiger partial charge in [0.1, 0.15) is 18.2 Å². The fourth-order valence-electron chi connectivity index (χ4n) is 7.83. The second-order valence-electron chi connectivity index (χ2n) is 12.7. The van der Waals surface area contributed by atoms with Gasteiger partial charge in [-0.25, -0.2) is 4.68 Å². The van der Waals surface area contributed by atoms with E-state index in [2.05, 4.69) is 30.4 Å². The minimum absolute atomic E-state index is 0.0455. The van der Waals surface area contributed by atoms with Crippen LogP contribution in [0.3, 0.4) is 0 Å². The molecule has 10 nitrogen and oxygen atoms in total. The molecule has 7 atom stereocenters. The van der Waals surface area contributed by atoms with Crippen LogP contribution in [0.15, 0.2) is 49.6 Å². The second-order valence-corrected chi connectivity index (χ2v) is 14.6. The number of para-hydroxylation sites is 1. The van der Waals surface area contributed by atoms with Gasteiger partial charge < -0.3 is 19.8 Å². The van der Waals surface area contributed by atoms with Crippen molar-refractivity contribution in [2.24, 2.45) is 17.8 Å². The maximum absolute atomic E-state index is 14.9. The maximum Gasteiger partial charge on any atom is 0.248 e. The number of carbonyl (C=O) groups is 3. The fraction of sp³-hybridized carbons (Fsp3) is 0.606. The van der Waals surface area contributed by atoms with Crippen LogP contribution >= 0.6 is 11.8 Å². The molecule has 2 aromatic rings. The van der Waals surface area contributed by atoms with Crippen LogP contribution in [-0.2, 0) is 21.1 Å². The van der Waals surface area contributed by atoms with Gasteiger partial charge in [-0.2, -0.15) is 0 Å². The highest BCUT2D eigenvalue weighted by Gasteiger charge is 2.78. The van der Waals surface area contributed by atoms with Gasteiger partial charge in [-0.3, -0.25) is 14.4 Å². The van der Waals surface area contributed by atoms with Crippen LogP contribution in [0.1, 0.15) is 53.4 Å². The third kappa shape index (κ3) is 5.05. The van der Waals surface area contributed by atoms with Crippen LogP contribution in [0.2, 0.25) is 0 Å². The number of thioether (sulfide) groups is 1. The average Bonchev–Trinajstić information content (AvgIpc) is 3.72. The van der Waals surface area contributed by atoms with Crippen molar-refractivity contribution >= 4 is 40.5 Å². The fourth-order valence-corrected chi connectivity index (χ4v) is 10.2. The van der Waals surface area contributed by atoms with Crippen LogP contribution in [-0.4, -0.2) is 100 Å². The third-order valence-electron chi connectivity index (χ3n) is 10.1. The molecular formula is C33H46N6O4S. The number of carbonyl (C=O) groups excluding carboxylic acids is 3. The molecule has 4 heterocycles. The lowest BCUT2D eigenvalue weighted by Crippen LogP contribution is -2.58. The first-order chi connectivity index (χ1) is 21.1. The predicted octanol–water partition coefficient (Wildman–Crippen LogP) is 3.72. The normalized spacial score (nSPS) is 28.6. The quantitative estimate of drug-likeness (QED) is 0.320. The van der Waals surface area contributed by atoms with Gasteiger partial charge in [-0.1, -0.05) is 56.7 Å². The topological polar surface area (TPSA) is 112 Å². The summed E-state index contributed by atoms with van der Waals surface area (Å²) in [5.74, 6) is -1.74. The van der Waals surface area contributed by atoms with E-state index in [0.717, 1.165) is 30.3 Å². The summed E-state index contributed by atoms with van der Waals surface area (Å²) in [6.07, 6.45) is 6.30. The van der Waals surface area contributed by atoms with Crippen LogP contribution in [0.5, 0.6) is 0 Å². The molecule has 3 saturated heterocycles. The smallest absolute Gasteiger partial charge is 0.248 e. The number of fused-ring (bicyclic) bond motifs is 2. The number of hydrogen-bond donors (Lipinski definition) is 1. The molecule has 1 aromatic carbocycles. The number of aromatic nitrogens is 3. The molecule has 5 rings (SSSR count). The lowest BCUT2D eigenvalue weighted by molar-refractivity contribution is -0.149. The largest absolute Gasteiger partial charge is 0.394 e. The molecule has 1 N–H and O–H groups in total. The van der Waals surface area contributed by atoms with Gasteiger partial charge in [0, 0.05) is 24.4 Å². The van der Waals surface area contributed by atoms with Crippen molar-refractivity contribution in [2.45, 2.75) is 81.6 Å². The van der Waals surface area contributed by atoms with Crippen molar-refractivity contribution in [1.29, 1.82) is 0 Å². The van der Waals surface area contributed by atoms with Gasteiger partial charge in [0.2, 0.25) is 17.7 Å². The Morgan fingerprint density at radius 2 is 1.86 bits per heavy atom. The predicted molar refractivity (Wildman–Crippen MR) is 172 cm³/mol. The minimum Gasteiger partial charge on any atom is -0.394 e. The molecule has 3 aliphatic heterocycles. The molecular weight excluding hydrogens is 576 g/mol. The van der Waals surface area contributed by atoms with E-state index >= 15 is 0 Å². The van der Waals surface area contributed by atoms with E-state index in [4.69, 9.17) is 0 Å². The second kappa shape index (κ2) is 12.7. The summed E-state index contributed by atoms with van der Waals surface area (Å²) in [7, 11) is 0. The zero-order valence-corrected chi connectivity index (χ0v) is 27.2. The first-order valence-corrected chi connectivity index (χ1v) is 16.6. The molecule has 2 unspecified atom stereocenters. The molecule has 3 aliphatic rings. The van der Waals surface area contributed by atoms with E-state index in [-0.39, 0.29) is 43.5 Å². The van der Waals surface area contributed by atoms with E-state index in [0.29, 0.717) is 19.5 Å². The third-order valence-corrected chi connectivity index (χ3v) is 12.1. The highest BCUT2D eigenvalue weighted by Crippen LogP contribution is 2.72. The van der Waals surface area contributed by atoms with Crippen LogP contribution in [0, 0.1) is 17.8 Å². The number of rotatable bonds is 14. The SMILES string of the molecule is C=CCN(Cn1nnc2ccccc21)C(=O)C1N([C@@H](CO)[C@@H](C)CC)C(=O)[C@@H]2[C@@H](C(=O)N(CC=C)CCC)[C@@]3(C)CCC12S3. The number of benzene rings is 1. The molecule has 0 radical (unpaired) electrons. The number of likely N-dealkylation sites (tertiary alicyclic amines) is 1. The number of nitrogens with zero attached hydrogens (tertiary/aromatic N) is 6. The highest BCUT2D eigenvalue weighted by atomic mass is 32.2. The van der Waals surface area contributed by atoms with Crippen molar-refractivity contribution < 1.29 is 19.5 Å². The molecule has 11 heteroatoms. The molecule has 0 aliphatic carbocycles. The highest BCUT2D eigenvalue weighted by molar-refractivity contribution is 8.02. The van der Waals surface area contributed by atoms with Crippen molar-refractivity contribution in [2.75, 3.05) is 26.2 Å². The average molecular weight is 623 g/mol. The van der Waals surface area contributed by atoms with Crippen molar-refractivity contribution in [3.63, 3.8) is 0 Å². The molecule has 3 amide bonds. The number of aliphatic hydroxyl groups excluding tert-OH is 1. The summed E-state index contributed by atoms with van der Waals surface area (Å²) in [5.41, 5.74) is 1.52. The Morgan fingerprint density at radius 1 is 1.16 bits per heavy atom. The van der Waals surface area contributed by atoms with Gasteiger partial charge >= 0.3 is 0 Å². The van der Waals surface area contributed by atoms with E-state index < -0.39 is 33.4 Å². The van der Waals surface area contributed by atoms with E-state index in [9.17, 15) is 19.5 Å². The zero-order valence-electron chi connectivity index (χ0n) is 26.4. The van der Waals surface area contributed by atoms with Crippen LogP contribution in [0.4, 0.5) is 0 Å². The van der Waals surface area contributed by atoms with E-state index in [1.54, 1.807) is 38.4 Å². The molecule has 3 fully saturated rings. The van der Waals surface area contributed by atoms with Crippen molar-refractivity contribution in [3.8, 4) is 0 Å². The number of aliphatic hydroxyl groups is 1. The molecule has 1 aromatic heterocycles. The molecule has 44 heavy (non-hydrogen) atoms. The Kier molecular flexibility index (Phi) is 9.28. The maximum atomic E-state index is 14.9.